The SMILES string of the molecule is Cc1cc(C[C@@H]2COCCN(S(=O)(=O)N3CCOCC3)C2)ncn1. The Morgan fingerprint density at radius 3 is 2.58 bits per heavy atom. The average molecular weight is 356 g/mol. The number of rotatable bonds is 4. The van der Waals surface area contributed by atoms with Crippen LogP contribution in [0.2, 0.25) is 0 Å². The van der Waals surface area contributed by atoms with E-state index in [2.05, 4.69) is 9.97 Å². The number of nitrogens with zero attached hydrogens (tertiary/aromatic N) is 4. The summed E-state index contributed by atoms with van der Waals surface area (Å²) in [6, 6.07) is 1.94. The van der Waals surface area contributed by atoms with E-state index >= 15 is 0 Å². The lowest BCUT2D eigenvalue weighted by Gasteiger charge is -2.32. The second kappa shape index (κ2) is 7.83. The molecule has 3 heterocycles. The van der Waals surface area contributed by atoms with Crippen LogP contribution in [0.4, 0.5) is 0 Å². The van der Waals surface area contributed by atoms with Gasteiger partial charge < -0.3 is 9.47 Å². The summed E-state index contributed by atoms with van der Waals surface area (Å²) in [6.07, 6.45) is 2.23. The Labute approximate surface area is 143 Å². The summed E-state index contributed by atoms with van der Waals surface area (Å²) < 4.78 is 39.7. The molecule has 0 amide bonds. The first-order chi connectivity index (χ1) is 11.6. The van der Waals surface area contributed by atoms with E-state index in [0.29, 0.717) is 59.0 Å². The summed E-state index contributed by atoms with van der Waals surface area (Å²) in [5.74, 6) is 0.0811. The summed E-state index contributed by atoms with van der Waals surface area (Å²) in [4.78, 5) is 8.38. The highest BCUT2D eigenvalue weighted by Gasteiger charge is 2.33. The molecule has 3 rings (SSSR count). The van der Waals surface area contributed by atoms with Crippen molar-refractivity contribution in [2.24, 2.45) is 5.92 Å². The summed E-state index contributed by atoms with van der Waals surface area (Å²) in [6.45, 7) is 5.44. The molecule has 0 unspecified atom stereocenters. The third-order valence-electron chi connectivity index (χ3n) is 4.28. The van der Waals surface area contributed by atoms with Gasteiger partial charge in [-0.3, -0.25) is 0 Å². The van der Waals surface area contributed by atoms with Crippen LogP contribution in [0.3, 0.4) is 0 Å². The molecule has 0 radical (unpaired) electrons. The molecule has 2 aliphatic heterocycles. The lowest BCUT2D eigenvalue weighted by Crippen LogP contribution is -2.50. The minimum Gasteiger partial charge on any atom is -0.380 e. The molecule has 2 fully saturated rings. The fourth-order valence-electron chi connectivity index (χ4n) is 3.04. The van der Waals surface area contributed by atoms with Crippen molar-refractivity contribution in [3.63, 3.8) is 0 Å². The van der Waals surface area contributed by atoms with Gasteiger partial charge in [0.15, 0.2) is 0 Å². The Kier molecular flexibility index (Phi) is 5.77. The zero-order valence-electron chi connectivity index (χ0n) is 13.9. The van der Waals surface area contributed by atoms with E-state index < -0.39 is 10.2 Å². The number of aromatic nitrogens is 2. The van der Waals surface area contributed by atoms with E-state index in [9.17, 15) is 8.42 Å². The van der Waals surface area contributed by atoms with Crippen molar-refractivity contribution in [1.82, 2.24) is 18.6 Å². The Morgan fingerprint density at radius 2 is 1.83 bits per heavy atom. The van der Waals surface area contributed by atoms with Crippen LogP contribution in [0.25, 0.3) is 0 Å². The molecule has 8 nitrogen and oxygen atoms in total. The Bertz CT molecular complexity index is 649. The summed E-state index contributed by atoms with van der Waals surface area (Å²) in [7, 11) is -3.47. The van der Waals surface area contributed by atoms with Crippen LogP contribution < -0.4 is 0 Å². The van der Waals surface area contributed by atoms with Crippen LogP contribution in [0, 0.1) is 12.8 Å². The third kappa shape index (κ3) is 4.28. The van der Waals surface area contributed by atoms with Crippen molar-refractivity contribution in [2.45, 2.75) is 13.3 Å². The molecule has 24 heavy (non-hydrogen) atoms. The van der Waals surface area contributed by atoms with Crippen molar-refractivity contribution in [1.29, 1.82) is 0 Å². The molecule has 1 aromatic heterocycles. The Balaban J connectivity index is 1.70. The van der Waals surface area contributed by atoms with Crippen LogP contribution in [-0.4, -0.2) is 79.6 Å². The molecular formula is C15H24N4O4S. The molecule has 2 saturated heterocycles. The van der Waals surface area contributed by atoms with Gasteiger partial charge in [0.1, 0.15) is 6.33 Å². The molecule has 134 valence electrons. The third-order valence-corrected chi connectivity index (χ3v) is 6.28. The smallest absolute Gasteiger partial charge is 0.282 e. The minimum atomic E-state index is -3.47. The maximum absolute atomic E-state index is 12.9. The van der Waals surface area contributed by atoms with Crippen LogP contribution >= 0.6 is 0 Å². The standard InChI is InChI=1S/C15H24N4O4S/c1-13-8-15(17-12-16-13)9-14-10-19(4-7-23-11-14)24(20,21)18-2-5-22-6-3-18/h8,12,14H,2-7,9-11H2,1H3/t14-/m0/s1. The molecule has 0 bridgehead atoms. The zero-order valence-corrected chi connectivity index (χ0v) is 14.7. The van der Waals surface area contributed by atoms with Crippen molar-refractivity contribution in [3.8, 4) is 0 Å². The van der Waals surface area contributed by atoms with Gasteiger partial charge in [0.25, 0.3) is 10.2 Å². The molecule has 2 aliphatic rings. The van der Waals surface area contributed by atoms with Crippen LogP contribution in [0.1, 0.15) is 11.4 Å². The second-order valence-corrected chi connectivity index (χ2v) is 8.10. The van der Waals surface area contributed by atoms with Gasteiger partial charge in [-0.25, -0.2) is 9.97 Å². The predicted octanol–water partition coefficient (Wildman–Crippen LogP) is -0.147. The minimum absolute atomic E-state index is 0.0811. The van der Waals surface area contributed by atoms with Crippen LogP contribution in [0.15, 0.2) is 12.4 Å². The monoisotopic (exact) mass is 356 g/mol. The van der Waals surface area contributed by atoms with Gasteiger partial charge in [-0.15, -0.1) is 0 Å². The van der Waals surface area contributed by atoms with E-state index in [-0.39, 0.29) is 5.92 Å². The molecule has 1 aromatic rings. The van der Waals surface area contributed by atoms with Gasteiger partial charge in [-0.1, -0.05) is 0 Å². The van der Waals surface area contributed by atoms with E-state index in [4.69, 9.17) is 9.47 Å². The maximum atomic E-state index is 12.9. The maximum Gasteiger partial charge on any atom is 0.282 e. The molecule has 1 atom stereocenters. The van der Waals surface area contributed by atoms with E-state index in [1.165, 1.54) is 4.31 Å². The number of aryl methyl sites for hydroxylation is 1. The molecule has 0 spiro atoms. The van der Waals surface area contributed by atoms with Gasteiger partial charge >= 0.3 is 0 Å². The molecular weight excluding hydrogens is 332 g/mol. The molecule has 9 heteroatoms. The van der Waals surface area contributed by atoms with E-state index in [1.807, 2.05) is 13.0 Å². The van der Waals surface area contributed by atoms with E-state index in [0.717, 1.165) is 11.4 Å². The Hall–Kier alpha value is -1.13. The first kappa shape index (κ1) is 17.7. The van der Waals surface area contributed by atoms with Gasteiger partial charge in [0.05, 0.1) is 26.4 Å². The largest absolute Gasteiger partial charge is 0.380 e. The summed E-state index contributed by atoms with van der Waals surface area (Å²) in [5, 5.41) is 0. The van der Waals surface area contributed by atoms with Crippen molar-refractivity contribution >= 4 is 10.2 Å². The first-order valence-electron chi connectivity index (χ1n) is 8.24. The average Bonchev–Trinajstić information content (AvgIpc) is 2.82. The van der Waals surface area contributed by atoms with Crippen molar-refractivity contribution in [2.75, 3.05) is 52.6 Å². The molecule has 0 aliphatic carbocycles. The van der Waals surface area contributed by atoms with Gasteiger partial charge in [-0.2, -0.15) is 17.0 Å². The number of hydrogen-bond acceptors (Lipinski definition) is 6. The number of hydrogen-bond donors (Lipinski definition) is 0. The first-order valence-corrected chi connectivity index (χ1v) is 9.63. The van der Waals surface area contributed by atoms with Crippen LogP contribution in [-0.2, 0) is 26.1 Å². The number of morpholine rings is 1. The fraction of sp³-hybridized carbons (Fsp3) is 0.733. The molecule has 0 aromatic carbocycles. The normalized spacial score (nSPS) is 24.6. The highest BCUT2D eigenvalue weighted by atomic mass is 32.2. The van der Waals surface area contributed by atoms with Gasteiger partial charge in [-0.05, 0) is 19.4 Å². The second-order valence-electron chi connectivity index (χ2n) is 6.17. The predicted molar refractivity (Wildman–Crippen MR) is 87.7 cm³/mol. The zero-order chi connectivity index (χ0) is 17.0. The van der Waals surface area contributed by atoms with Crippen molar-refractivity contribution < 1.29 is 17.9 Å². The number of ether oxygens (including phenoxy) is 2. The summed E-state index contributed by atoms with van der Waals surface area (Å²) in [5.41, 5.74) is 1.83. The quantitative estimate of drug-likeness (QED) is 0.746. The lowest BCUT2D eigenvalue weighted by molar-refractivity contribution is 0.0699. The van der Waals surface area contributed by atoms with Gasteiger partial charge in [0.2, 0.25) is 0 Å². The topological polar surface area (TPSA) is 84.9 Å². The fourth-order valence-corrected chi connectivity index (χ4v) is 4.68. The molecule has 0 N–H and O–H groups in total. The van der Waals surface area contributed by atoms with Crippen LogP contribution in [0.5, 0.6) is 0 Å². The summed E-state index contributed by atoms with van der Waals surface area (Å²) >= 11 is 0. The van der Waals surface area contributed by atoms with Crippen molar-refractivity contribution in [3.05, 3.63) is 23.8 Å². The lowest BCUT2D eigenvalue weighted by atomic mass is 10.0. The highest BCUT2D eigenvalue weighted by molar-refractivity contribution is 7.86. The highest BCUT2D eigenvalue weighted by Crippen LogP contribution is 2.18. The van der Waals surface area contributed by atoms with E-state index in [1.54, 1.807) is 10.6 Å². The van der Waals surface area contributed by atoms with Gasteiger partial charge in [0, 0.05) is 43.5 Å². The molecule has 0 saturated carbocycles. The Morgan fingerprint density at radius 1 is 1.12 bits per heavy atom.